The lowest BCUT2D eigenvalue weighted by atomic mass is 10.1. The first-order chi connectivity index (χ1) is 27.8. The standard InChI is InChI=1S/C50H31N5O/c1-3-15-32(16-4-1)49-51-50(55(52-49)34-17-5-2-6-18-34)33-27-29-42-39(31-33)36-20-8-10-22-40(36)53(42)43-24-12-13-25-44(43)54-41-23-11-7-19-35(41)37-28-30-46-47(48(37)54)38-21-9-14-26-45(38)56-46/h1-31H. The highest BCUT2D eigenvalue weighted by molar-refractivity contribution is 6.24. The fraction of sp³-hybridized carbons (Fsp3) is 0. The van der Waals surface area contributed by atoms with Crippen LogP contribution in [0.5, 0.6) is 0 Å². The molecule has 0 aliphatic carbocycles. The molecule has 0 saturated carbocycles. The van der Waals surface area contributed by atoms with Crippen LogP contribution in [0.25, 0.3) is 105 Å². The fourth-order valence-corrected chi connectivity index (χ4v) is 8.69. The van der Waals surface area contributed by atoms with Crippen molar-refractivity contribution in [3.05, 3.63) is 188 Å². The minimum Gasteiger partial charge on any atom is -0.456 e. The van der Waals surface area contributed by atoms with Crippen molar-refractivity contribution < 1.29 is 4.42 Å². The lowest BCUT2D eigenvalue weighted by molar-refractivity contribution is 0.669. The van der Waals surface area contributed by atoms with Crippen LogP contribution in [0.4, 0.5) is 0 Å². The maximum Gasteiger partial charge on any atom is 0.182 e. The number of furan rings is 1. The molecule has 0 aliphatic heterocycles. The summed E-state index contributed by atoms with van der Waals surface area (Å²) in [6.07, 6.45) is 0. The van der Waals surface area contributed by atoms with Crippen LogP contribution in [-0.4, -0.2) is 23.9 Å². The third kappa shape index (κ3) is 4.44. The van der Waals surface area contributed by atoms with Crippen molar-refractivity contribution in [3.63, 3.8) is 0 Å². The Morgan fingerprint density at radius 2 is 1.02 bits per heavy atom. The Labute approximate surface area is 320 Å². The van der Waals surface area contributed by atoms with Gasteiger partial charge >= 0.3 is 0 Å². The van der Waals surface area contributed by atoms with E-state index in [1.54, 1.807) is 0 Å². The summed E-state index contributed by atoms with van der Waals surface area (Å²) in [5, 5.41) is 12.0. The van der Waals surface area contributed by atoms with Crippen LogP contribution in [0, 0.1) is 0 Å². The Hall–Kier alpha value is -7.70. The summed E-state index contributed by atoms with van der Waals surface area (Å²) in [5.41, 5.74) is 11.4. The molecule has 0 fully saturated rings. The van der Waals surface area contributed by atoms with Crippen LogP contribution in [-0.2, 0) is 0 Å². The second kappa shape index (κ2) is 11.9. The van der Waals surface area contributed by atoms with E-state index < -0.39 is 0 Å². The van der Waals surface area contributed by atoms with E-state index >= 15 is 0 Å². The van der Waals surface area contributed by atoms with Crippen molar-refractivity contribution in [2.45, 2.75) is 0 Å². The average molecular weight is 718 g/mol. The van der Waals surface area contributed by atoms with E-state index in [2.05, 4.69) is 155 Å². The Morgan fingerprint density at radius 1 is 0.411 bits per heavy atom. The number of nitrogens with zero attached hydrogens (tertiary/aromatic N) is 5. The van der Waals surface area contributed by atoms with Crippen molar-refractivity contribution in [1.29, 1.82) is 0 Å². The molecule has 6 nitrogen and oxygen atoms in total. The first kappa shape index (κ1) is 30.7. The Morgan fingerprint density at radius 3 is 1.80 bits per heavy atom. The van der Waals surface area contributed by atoms with E-state index in [9.17, 15) is 0 Å². The summed E-state index contributed by atoms with van der Waals surface area (Å²) in [4.78, 5) is 5.16. The van der Waals surface area contributed by atoms with Gasteiger partial charge in [-0.1, -0.05) is 115 Å². The van der Waals surface area contributed by atoms with E-state index in [1.165, 1.54) is 16.2 Å². The molecule has 0 N–H and O–H groups in total. The van der Waals surface area contributed by atoms with Gasteiger partial charge in [0.2, 0.25) is 0 Å². The number of para-hydroxylation sites is 6. The first-order valence-corrected chi connectivity index (χ1v) is 18.8. The summed E-state index contributed by atoms with van der Waals surface area (Å²) in [7, 11) is 0. The highest BCUT2D eigenvalue weighted by atomic mass is 16.3. The Bertz CT molecular complexity index is 3480. The minimum absolute atomic E-state index is 0.687. The molecule has 0 amide bonds. The lowest BCUT2D eigenvalue weighted by Gasteiger charge is -2.17. The zero-order chi connectivity index (χ0) is 36.7. The third-order valence-electron chi connectivity index (χ3n) is 11.1. The number of rotatable bonds is 5. The van der Waals surface area contributed by atoms with Crippen LogP contribution in [0.2, 0.25) is 0 Å². The SMILES string of the molecule is c1ccc(-c2nc(-c3ccc4c(c3)c3ccccc3n4-c3ccccc3-n3c4ccccc4c4ccc5oc6ccccc6c5c43)n(-c3ccccc3)n2)cc1. The topological polar surface area (TPSA) is 53.7 Å². The summed E-state index contributed by atoms with van der Waals surface area (Å²) in [5.74, 6) is 1.47. The zero-order valence-electron chi connectivity index (χ0n) is 30.0. The van der Waals surface area contributed by atoms with Crippen molar-refractivity contribution in [2.24, 2.45) is 0 Å². The monoisotopic (exact) mass is 717 g/mol. The molecule has 0 aliphatic rings. The molecule has 0 atom stereocenters. The van der Waals surface area contributed by atoms with Crippen LogP contribution < -0.4 is 0 Å². The Kier molecular flexibility index (Phi) is 6.53. The van der Waals surface area contributed by atoms with Gasteiger partial charge in [0, 0.05) is 38.1 Å². The van der Waals surface area contributed by atoms with Gasteiger partial charge in [0.25, 0.3) is 0 Å². The summed E-state index contributed by atoms with van der Waals surface area (Å²) in [6, 6.07) is 65.9. The van der Waals surface area contributed by atoms with Crippen molar-refractivity contribution >= 4 is 65.6 Å². The van der Waals surface area contributed by atoms with E-state index in [-0.39, 0.29) is 0 Å². The molecule has 12 rings (SSSR count). The maximum atomic E-state index is 6.45. The van der Waals surface area contributed by atoms with Gasteiger partial charge in [-0.3, -0.25) is 0 Å². The predicted molar refractivity (Wildman–Crippen MR) is 228 cm³/mol. The first-order valence-electron chi connectivity index (χ1n) is 18.8. The number of benzene rings is 8. The summed E-state index contributed by atoms with van der Waals surface area (Å²) < 4.78 is 13.3. The number of aromatic nitrogens is 5. The number of hydrogen-bond donors (Lipinski definition) is 0. The minimum atomic E-state index is 0.687. The lowest BCUT2D eigenvalue weighted by Crippen LogP contribution is -2.03. The summed E-state index contributed by atoms with van der Waals surface area (Å²) in [6.45, 7) is 0. The van der Waals surface area contributed by atoms with Crippen LogP contribution >= 0.6 is 0 Å². The van der Waals surface area contributed by atoms with Gasteiger partial charge < -0.3 is 13.6 Å². The molecular formula is C50H31N5O. The average Bonchev–Trinajstić information content (AvgIpc) is 4.04. The molecule has 0 unspecified atom stereocenters. The molecule has 0 radical (unpaired) electrons. The van der Waals surface area contributed by atoms with Gasteiger partial charge in [0.05, 0.1) is 44.5 Å². The van der Waals surface area contributed by atoms with Gasteiger partial charge in [-0.25, -0.2) is 9.67 Å². The maximum absolute atomic E-state index is 6.45. The van der Waals surface area contributed by atoms with Crippen molar-refractivity contribution in [2.75, 3.05) is 0 Å². The molecule has 0 saturated heterocycles. The highest BCUT2D eigenvalue weighted by Gasteiger charge is 2.23. The fourth-order valence-electron chi connectivity index (χ4n) is 8.69. The molecule has 8 aromatic carbocycles. The number of hydrogen-bond acceptors (Lipinski definition) is 3. The largest absolute Gasteiger partial charge is 0.456 e. The second-order valence-electron chi connectivity index (χ2n) is 14.2. The molecule has 0 bridgehead atoms. The van der Waals surface area contributed by atoms with Crippen LogP contribution in [0.15, 0.2) is 192 Å². The van der Waals surface area contributed by atoms with Crippen molar-refractivity contribution in [1.82, 2.24) is 23.9 Å². The van der Waals surface area contributed by atoms with Crippen LogP contribution in [0.3, 0.4) is 0 Å². The smallest absolute Gasteiger partial charge is 0.182 e. The summed E-state index contributed by atoms with van der Waals surface area (Å²) >= 11 is 0. The quantitative estimate of drug-likeness (QED) is 0.178. The van der Waals surface area contributed by atoms with Gasteiger partial charge in [0.1, 0.15) is 11.2 Å². The van der Waals surface area contributed by atoms with Crippen molar-refractivity contribution in [3.8, 4) is 39.8 Å². The normalized spacial score (nSPS) is 11.9. The second-order valence-corrected chi connectivity index (χ2v) is 14.2. The van der Waals surface area contributed by atoms with Gasteiger partial charge in [0.15, 0.2) is 11.6 Å². The Balaban J connectivity index is 1.13. The molecule has 4 heterocycles. The molecule has 262 valence electrons. The van der Waals surface area contributed by atoms with Gasteiger partial charge in [-0.15, -0.1) is 5.10 Å². The highest BCUT2D eigenvalue weighted by Crippen LogP contribution is 2.43. The molecule has 6 heteroatoms. The molecule has 0 spiro atoms. The molecule has 56 heavy (non-hydrogen) atoms. The van der Waals surface area contributed by atoms with E-state index in [1.807, 2.05) is 47.1 Å². The van der Waals surface area contributed by atoms with E-state index in [4.69, 9.17) is 14.5 Å². The predicted octanol–water partition coefficient (Wildman–Crippen LogP) is 12.7. The van der Waals surface area contributed by atoms with E-state index in [0.29, 0.717) is 5.82 Å². The number of fused-ring (bicyclic) bond motifs is 10. The molecule has 12 aromatic rings. The zero-order valence-corrected chi connectivity index (χ0v) is 30.0. The molecule has 4 aromatic heterocycles. The van der Waals surface area contributed by atoms with Gasteiger partial charge in [-0.2, -0.15) is 0 Å². The van der Waals surface area contributed by atoms with Gasteiger partial charge in [-0.05, 0) is 72.8 Å². The van der Waals surface area contributed by atoms with Crippen LogP contribution in [0.1, 0.15) is 0 Å². The third-order valence-corrected chi connectivity index (χ3v) is 11.1. The molecular weight excluding hydrogens is 687 g/mol. The van der Waals surface area contributed by atoms with E-state index in [0.717, 1.165) is 83.4 Å².